The smallest absolute Gasteiger partial charge is 0.0951 e. The first-order chi connectivity index (χ1) is 7.66. The fourth-order valence-corrected chi connectivity index (χ4v) is 1.75. The number of hydrogen-bond donors (Lipinski definition) is 1. The largest absolute Gasteiger partial charge is 0.329 e. The first-order valence-electron chi connectivity index (χ1n) is 5.17. The molecule has 0 radical (unpaired) electrons. The predicted octanol–water partition coefficient (Wildman–Crippen LogP) is 2.60. The Kier molecular flexibility index (Phi) is 3.27. The average molecular weight is 236 g/mol. The van der Waals surface area contributed by atoms with Gasteiger partial charge >= 0.3 is 0 Å². The van der Waals surface area contributed by atoms with Crippen molar-refractivity contribution in [3.05, 3.63) is 53.1 Å². The summed E-state index contributed by atoms with van der Waals surface area (Å²) in [4.78, 5) is 4.11. The van der Waals surface area contributed by atoms with Crippen molar-refractivity contribution >= 4 is 11.6 Å². The molecule has 0 aliphatic rings. The third kappa shape index (κ3) is 2.43. The second-order valence-corrected chi connectivity index (χ2v) is 4.30. The summed E-state index contributed by atoms with van der Waals surface area (Å²) >= 11 is 5.84. The van der Waals surface area contributed by atoms with Gasteiger partial charge in [0.2, 0.25) is 0 Å². The van der Waals surface area contributed by atoms with Crippen molar-refractivity contribution < 1.29 is 0 Å². The molecule has 1 aromatic carbocycles. The van der Waals surface area contributed by atoms with Crippen molar-refractivity contribution in [1.29, 1.82) is 0 Å². The highest BCUT2D eigenvalue weighted by Gasteiger charge is 2.06. The molecule has 2 N–H and O–H groups in total. The van der Waals surface area contributed by atoms with Crippen molar-refractivity contribution in [1.82, 2.24) is 9.55 Å². The van der Waals surface area contributed by atoms with E-state index in [0.717, 1.165) is 17.3 Å². The molecule has 1 unspecified atom stereocenters. The molecule has 0 bridgehead atoms. The quantitative estimate of drug-likeness (QED) is 0.889. The summed E-state index contributed by atoms with van der Waals surface area (Å²) in [5.74, 6) is 0. The number of benzene rings is 1. The van der Waals surface area contributed by atoms with Crippen molar-refractivity contribution in [2.75, 3.05) is 0 Å². The number of imidazole rings is 1. The van der Waals surface area contributed by atoms with E-state index in [1.807, 2.05) is 35.8 Å². The van der Waals surface area contributed by atoms with Gasteiger partial charge in [0.05, 0.1) is 12.0 Å². The van der Waals surface area contributed by atoms with Gasteiger partial charge in [0, 0.05) is 23.8 Å². The maximum Gasteiger partial charge on any atom is 0.0951 e. The third-order valence-electron chi connectivity index (χ3n) is 2.48. The second-order valence-electron chi connectivity index (χ2n) is 3.86. The normalized spacial score (nSPS) is 12.7. The van der Waals surface area contributed by atoms with Crippen LogP contribution in [-0.4, -0.2) is 9.55 Å². The van der Waals surface area contributed by atoms with Crippen LogP contribution >= 0.6 is 11.6 Å². The highest BCUT2D eigenvalue weighted by Crippen LogP contribution is 2.14. The number of hydrogen-bond acceptors (Lipinski definition) is 2. The molecule has 84 valence electrons. The van der Waals surface area contributed by atoms with Crippen molar-refractivity contribution in [3.8, 4) is 0 Å². The molecule has 0 aliphatic heterocycles. The van der Waals surface area contributed by atoms with Crippen molar-refractivity contribution in [2.45, 2.75) is 19.5 Å². The van der Waals surface area contributed by atoms with E-state index in [0.29, 0.717) is 0 Å². The minimum atomic E-state index is -0.00481. The fraction of sp³-hybridized carbons (Fsp3) is 0.250. The number of nitrogens with two attached hydrogens (primary N) is 1. The van der Waals surface area contributed by atoms with Crippen molar-refractivity contribution in [2.24, 2.45) is 5.73 Å². The monoisotopic (exact) mass is 235 g/mol. The molecule has 1 aromatic heterocycles. The van der Waals surface area contributed by atoms with Crippen molar-refractivity contribution in [3.63, 3.8) is 0 Å². The van der Waals surface area contributed by atoms with E-state index < -0.39 is 0 Å². The van der Waals surface area contributed by atoms with Crippen LogP contribution in [0, 0.1) is 0 Å². The summed E-state index contributed by atoms with van der Waals surface area (Å²) in [5, 5.41) is 0.752. The van der Waals surface area contributed by atoms with Crippen LogP contribution < -0.4 is 5.73 Å². The van der Waals surface area contributed by atoms with Gasteiger partial charge < -0.3 is 10.3 Å². The maximum absolute atomic E-state index is 5.85. The number of halogens is 1. The van der Waals surface area contributed by atoms with Crippen LogP contribution in [0.1, 0.15) is 24.2 Å². The van der Waals surface area contributed by atoms with Crippen LogP contribution in [0.15, 0.2) is 36.8 Å². The molecule has 0 aliphatic carbocycles. The van der Waals surface area contributed by atoms with Crippen LogP contribution in [-0.2, 0) is 6.54 Å². The molecule has 3 nitrogen and oxygen atoms in total. The molecule has 2 aromatic rings. The summed E-state index contributed by atoms with van der Waals surface area (Å²) < 4.78 is 2.05. The Bertz CT molecular complexity index is 459. The van der Waals surface area contributed by atoms with Crippen LogP contribution in [0.2, 0.25) is 5.02 Å². The maximum atomic E-state index is 5.85. The molecule has 0 amide bonds. The third-order valence-corrected chi connectivity index (χ3v) is 2.73. The minimum absolute atomic E-state index is 0.00481. The fourth-order valence-electron chi connectivity index (χ4n) is 1.63. The van der Waals surface area contributed by atoms with Crippen LogP contribution in [0.5, 0.6) is 0 Å². The summed E-state index contributed by atoms with van der Waals surface area (Å²) in [5.41, 5.74) is 8.08. The lowest BCUT2D eigenvalue weighted by Gasteiger charge is -2.10. The highest BCUT2D eigenvalue weighted by molar-refractivity contribution is 6.30. The summed E-state index contributed by atoms with van der Waals surface area (Å²) in [6.07, 6.45) is 3.61. The zero-order valence-electron chi connectivity index (χ0n) is 9.10. The lowest BCUT2D eigenvalue weighted by Crippen LogP contribution is -2.12. The molecule has 1 atom stereocenters. The molecule has 0 fully saturated rings. The molecule has 4 heteroatoms. The van der Waals surface area contributed by atoms with Crippen LogP contribution in [0.4, 0.5) is 0 Å². The predicted molar refractivity (Wildman–Crippen MR) is 65.4 cm³/mol. The zero-order chi connectivity index (χ0) is 11.5. The average Bonchev–Trinajstić information content (AvgIpc) is 2.69. The molecular weight excluding hydrogens is 222 g/mol. The molecule has 16 heavy (non-hydrogen) atoms. The van der Waals surface area contributed by atoms with Gasteiger partial charge in [-0.3, -0.25) is 0 Å². The van der Waals surface area contributed by atoms with Gasteiger partial charge in [0.15, 0.2) is 0 Å². The summed E-state index contributed by atoms with van der Waals surface area (Å²) in [6, 6.07) is 7.79. The van der Waals surface area contributed by atoms with Gasteiger partial charge in [-0.25, -0.2) is 4.98 Å². The Morgan fingerprint density at radius 2 is 2.06 bits per heavy atom. The van der Waals surface area contributed by atoms with E-state index in [9.17, 15) is 0 Å². The van der Waals surface area contributed by atoms with E-state index in [1.54, 1.807) is 12.5 Å². The Balaban J connectivity index is 2.20. The Hall–Kier alpha value is -1.32. The van der Waals surface area contributed by atoms with Gasteiger partial charge in [-0.1, -0.05) is 23.7 Å². The molecule has 2 rings (SSSR count). The molecule has 0 saturated heterocycles. The number of rotatable bonds is 3. The van der Waals surface area contributed by atoms with E-state index in [1.165, 1.54) is 5.56 Å². The van der Waals surface area contributed by atoms with Gasteiger partial charge in [-0.15, -0.1) is 0 Å². The number of nitrogens with zero attached hydrogens (tertiary/aromatic N) is 2. The summed E-state index contributed by atoms with van der Waals surface area (Å²) in [7, 11) is 0. The van der Waals surface area contributed by atoms with E-state index in [4.69, 9.17) is 17.3 Å². The van der Waals surface area contributed by atoms with E-state index in [2.05, 4.69) is 4.98 Å². The van der Waals surface area contributed by atoms with Gasteiger partial charge in [0.1, 0.15) is 0 Å². The highest BCUT2D eigenvalue weighted by atomic mass is 35.5. The lowest BCUT2D eigenvalue weighted by atomic mass is 10.2. The minimum Gasteiger partial charge on any atom is -0.329 e. The molecular formula is C12H14ClN3. The van der Waals surface area contributed by atoms with E-state index in [-0.39, 0.29) is 6.04 Å². The van der Waals surface area contributed by atoms with Gasteiger partial charge in [-0.2, -0.15) is 0 Å². The molecule has 0 spiro atoms. The van der Waals surface area contributed by atoms with Crippen LogP contribution in [0.3, 0.4) is 0 Å². The topological polar surface area (TPSA) is 43.8 Å². The second kappa shape index (κ2) is 4.68. The SMILES string of the molecule is CC(N)c1cncn1Cc1ccc(Cl)cc1. The zero-order valence-corrected chi connectivity index (χ0v) is 9.85. The molecule has 1 heterocycles. The first kappa shape index (κ1) is 11.2. The summed E-state index contributed by atoms with van der Waals surface area (Å²) in [6.45, 7) is 2.73. The van der Waals surface area contributed by atoms with Gasteiger partial charge in [0.25, 0.3) is 0 Å². The van der Waals surface area contributed by atoms with E-state index >= 15 is 0 Å². The Labute approximate surface area is 99.9 Å². The number of aromatic nitrogens is 2. The van der Waals surface area contributed by atoms with Crippen LogP contribution in [0.25, 0.3) is 0 Å². The Morgan fingerprint density at radius 1 is 1.38 bits per heavy atom. The Morgan fingerprint density at radius 3 is 2.69 bits per heavy atom. The molecule has 0 saturated carbocycles. The lowest BCUT2D eigenvalue weighted by molar-refractivity contribution is 0.674. The first-order valence-corrected chi connectivity index (χ1v) is 5.54. The standard InChI is InChI=1S/C12H14ClN3/c1-9(14)12-6-15-8-16(12)7-10-2-4-11(13)5-3-10/h2-6,8-9H,7,14H2,1H3. The van der Waals surface area contributed by atoms with Gasteiger partial charge in [-0.05, 0) is 24.6 Å².